The molecule has 0 spiro atoms. The first-order chi connectivity index (χ1) is 13.0. The van der Waals surface area contributed by atoms with Crippen LogP contribution in [0.2, 0.25) is 0 Å². The van der Waals surface area contributed by atoms with Crippen molar-refractivity contribution in [2.24, 2.45) is 5.92 Å². The average Bonchev–Trinajstić information content (AvgIpc) is 2.68. The fraction of sp³-hybridized carbons (Fsp3) is 0.391. The SMILES string of the molecule is FCCC=C[C@H]1CC[C@H](c2ccc(-c3ccc(C(F)(F)F)cc3)cc2)CC1. The van der Waals surface area contributed by atoms with Gasteiger partial charge >= 0.3 is 6.18 Å². The molecule has 2 aromatic carbocycles. The van der Waals surface area contributed by atoms with E-state index in [1.807, 2.05) is 18.2 Å². The Bertz CT molecular complexity index is 733. The number of hydrogen-bond donors (Lipinski definition) is 0. The van der Waals surface area contributed by atoms with Gasteiger partial charge in [-0.1, -0.05) is 48.6 Å². The van der Waals surface area contributed by atoms with Crippen LogP contribution in [0, 0.1) is 5.92 Å². The Labute approximate surface area is 157 Å². The highest BCUT2D eigenvalue weighted by Crippen LogP contribution is 2.37. The van der Waals surface area contributed by atoms with Gasteiger partial charge in [0.25, 0.3) is 0 Å². The zero-order chi connectivity index (χ0) is 19.3. The minimum Gasteiger partial charge on any atom is -0.251 e. The van der Waals surface area contributed by atoms with E-state index in [2.05, 4.69) is 18.2 Å². The molecule has 0 atom stereocenters. The lowest BCUT2D eigenvalue weighted by Crippen LogP contribution is -2.11. The van der Waals surface area contributed by atoms with Gasteiger partial charge < -0.3 is 0 Å². The summed E-state index contributed by atoms with van der Waals surface area (Å²) < 4.78 is 50.2. The van der Waals surface area contributed by atoms with E-state index in [4.69, 9.17) is 0 Å². The molecule has 27 heavy (non-hydrogen) atoms. The molecule has 0 saturated heterocycles. The number of alkyl halides is 4. The molecule has 0 radical (unpaired) electrons. The van der Waals surface area contributed by atoms with Crippen molar-refractivity contribution in [1.82, 2.24) is 0 Å². The maximum atomic E-state index is 12.7. The van der Waals surface area contributed by atoms with Crippen LogP contribution in [0.25, 0.3) is 11.1 Å². The van der Waals surface area contributed by atoms with Crippen molar-refractivity contribution < 1.29 is 17.6 Å². The fourth-order valence-corrected chi connectivity index (χ4v) is 3.80. The van der Waals surface area contributed by atoms with Crippen molar-refractivity contribution in [3.05, 3.63) is 71.8 Å². The highest BCUT2D eigenvalue weighted by molar-refractivity contribution is 5.64. The van der Waals surface area contributed by atoms with E-state index in [0.717, 1.165) is 48.9 Å². The van der Waals surface area contributed by atoms with Gasteiger partial charge in [0.15, 0.2) is 0 Å². The fourth-order valence-electron chi connectivity index (χ4n) is 3.80. The first kappa shape index (κ1) is 19.7. The molecule has 1 fully saturated rings. The van der Waals surface area contributed by atoms with Crippen molar-refractivity contribution >= 4 is 0 Å². The van der Waals surface area contributed by atoms with Crippen LogP contribution in [0.5, 0.6) is 0 Å². The number of benzene rings is 2. The van der Waals surface area contributed by atoms with Crippen LogP contribution < -0.4 is 0 Å². The number of rotatable bonds is 5. The van der Waals surface area contributed by atoms with Gasteiger partial charge in [-0.15, -0.1) is 0 Å². The maximum absolute atomic E-state index is 12.7. The molecule has 0 aromatic heterocycles. The molecule has 0 heterocycles. The van der Waals surface area contributed by atoms with E-state index in [0.29, 0.717) is 18.3 Å². The molecular formula is C23H24F4. The summed E-state index contributed by atoms with van der Waals surface area (Å²) in [7, 11) is 0. The monoisotopic (exact) mass is 376 g/mol. The predicted octanol–water partition coefficient (Wildman–Crippen LogP) is 7.56. The van der Waals surface area contributed by atoms with E-state index < -0.39 is 11.7 Å². The second kappa shape index (κ2) is 8.73. The van der Waals surface area contributed by atoms with E-state index >= 15 is 0 Å². The summed E-state index contributed by atoms with van der Waals surface area (Å²) in [5.74, 6) is 1.08. The molecule has 0 aliphatic heterocycles. The predicted molar refractivity (Wildman–Crippen MR) is 101 cm³/mol. The maximum Gasteiger partial charge on any atom is 0.416 e. The van der Waals surface area contributed by atoms with E-state index in [-0.39, 0.29) is 6.67 Å². The van der Waals surface area contributed by atoms with Crippen LogP contribution in [-0.4, -0.2) is 6.67 Å². The minimum atomic E-state index is -4.30. The van der Waals surface area contributed by atoms with Crippen LogP contribution in [0.15, 0.2) is 60.7 Å². The Morgan fingerprint density at radius 2 is 1.37 bits per heavy atom. The molecule has 1 saturated carbocycles. The summed E-state index contributed by atoms with van der Waals surface area (Å²) in [6.07, 6.45) is 4.78. The molecule has 0 N–H and O–H groups in total. The zero-order valence-electron chi connectivity index (χ0n) is 15.2. The molecule has 0 amide bonds. The highest BCUT2D eigenvalue weighted by Gasteiger charge is 2.30. The summed E-state index contributed by atoms with van der Waals surface area (Å²) in [4.78, 5) is 0. The van der Waals surface area contributed by atoms with Crippen molar-refractivity contribution in [1.29, 1.82) is 0 Å². The van der Waals surface area contributed by atoms with Crippen LogP contribution in [0.3, 0.4) is 0 Å². The molecule has 0 unspecified atom stereocenters. The van der Waals surface area contributed by atoms with Gasteiger partial charge in [0.1, 0.15) is 0 Å². The number of halogens is 4. The Morgan fingerprint density at radius 3 is 1.89 bits per heavy atom. The second-order valence-electron chi connectivity index (χ2n) is 7.21. The van der Waals surface area contributed by atoms with Crippen LogP contribution >= 0.6 is 0 Å². The molecule has 3 rings (SSSR count). The smallest absolute Gasteiger partial charge is 0.251 e. The van der Waals surface area contributed by atoms with Gasteiger partial charge in [-0.25, -0.2) is 0 Å². The van der Waals surface area contributed by atoms with Crippen LogP contribution in [-0.2, 0) is 6.18 Å². The van der Waals surface area contributed by atoms with E-state index in [1.54, 1.807) is 0 Å². The first-order valence-corrected chi connectivity index (χ1v) is 9.47. The summed E-state index contributed by atoms with van der Waals surface area (Å²) in [6.45, 7) is -0.295. The van der Waals surface area contributed by atoms with Crippen molar-refractivity contribution in [2.75, 3.05) is 6.67 Å². The first-order valence-electron chi connectivity index (χ1n) is 9.47. The van der Waals surface area contributed by atoms with Gasteiger partial charge in [-0.05, 0) is 72.8 Å². The Balaban J connectivity index is 1.61. The Morgan fingerprint density at radius 1 is 0.815 bits per heavy atom. The molecule has 0 bridgehead atoms. The molecule has 1 aliphatic carbocycles. The molecule has 144 valence electrons. The minimum absolute atomic E-state index is 0.295. The Hall–Kier alpha value is -2.10. The third-order valence-electron chi connectivity index (χ3n) is 5.38. The van der Waals surface area contributed by atoms with Gasteiger partial charge in [0, 0.05) is 0 Å². The van der Waals surface area contributed by atoms with E-state index in [9.17, 15) is 17.6 Å². The molecule has 0 nitrogen and oxygen atoms in total. The standard InChI is InChI=1S/C23H24F4/c24-16-2-1-3-17-4-6-18(7-5-17)19-8-10-20(11-9-19)21-12-14-22(15-13-21)23(25,26)27/h1,3,8-15,17-18H,2,4-7,16H2/t17-,18-. The number of hydrogen-bond acceptors (Lipinski definition) is 0. The van der Waals surface area contributed by atoms with Crippen molar-refractivity contribution in [2.45, 2.75) is 44.2 Å². The molecule has 2 aromatic rings. The quantitative estimate of drug-likeness (QED) is 0.373. The molecule has 1 aliphatic rings. The lowest BCUT2D eigenvalue weighted by Gasteiger charge is -2.27. The molecule has 4 heteroatoms. The lowest BCUT2D eigenvalue weighted by molar-refractivity contribution is -0.137. The number of allylic oxidation sites excluding steroid dienone is 2. The zero-order valence-corrected chi connectivity index (χ0v) is 15.2. The van der Waals surface area contributed by atoms with Crippen LogP contribution in [0.1, 0.15) is 49.1 Å². The van der Waals surface area contributed by atoms with Gasteiger partial charge in [0.05, 0.1) is 12.2 Å². The normalized spacial score (nSPS) is 20.9. The van der Waals surface area contributed by atoms with Gasteiger partial charge in [0.2, 0.25) is 0 Å². The lowest BCUT2D eigenvalue weighted by atomic mass is 9.78. The van der Waals surface area contributed by atoms with Crippen molar-refractivity contribution in [3.63, 3.8) is 0 Å². The van der Waals surface area contributed by atoms with Gasteiger partial charge in [-0.2, -0.15) is 13.2 Å². The molecular weight excluding hydrogens is 352 g/mol. The summed E-state index contributed by atoms with van der Waals surface area (Å²) in [5, 5.41) is 0. The van der Waals surface area contributed by atoms with Gasteiger partial charge in [-0.3, -0.25) is 4.39 Å². The topological polar surface area (TPSA) is 0 Å². The average molecular weight is 376 g/mol. The third-order valence-corrected chi connectivity index (χ3v) is 5.38. The largest absolute Gasteiger partial charge is 0.416 e. The highest BCUT2D eigenvalue weighted by atomic mass is 19.4. The summed E-state index contributed by atoms with van der Waals surface area (Å²) >= 11 is 0. The van der Waals surface area contributed by atoms with E-state index in [1.165, 1.54) is 17.7 Å². The third kappa shape index (κ3) is 5.21. The Kier molecular flexibility index (Phi) is 6.35. The van der Waals surface area contributed by atoms with Crippen molar-refractivity contribution in [3.8, 4) is 11.1 Å². The van der Waals surface area contributed by atoms with Crippen LogP contribution in [0.4, 0.5) is 17.6 Å². The summed E-state index contributed by atoms with van der Waals surface area (Å²) in [6, 6.07) is 13.5. The summed E-state index contributed by atoms with van der Waals surface area (Å²) in [5.41, 5.74) is 2.38. The second-order valence-corrected chi connectivity index (χ2v) is 7.21.